The second-order valence-electron chi connectivity index (χ2n) is 7.10. The van der Waals surface area contributed by atoms with Crippen molar-refractivity contribution in [2.45, 2.75) is 20.5 Å². The van der Waals surface area contributed by atoms with Crippen molar-refractivity contribution in [1.29, 1.82) is 0 Å². The molecule has 0 atom stereocenters. The maximum absolute atomic E-state index is 12.6. The van der Waals surface area contributed by atoms with Gasteiger partial charge in [0, 0.05) is 15.2 Å². The van der Waals surface area contributed by atoms with Crippen molar-refractivity contribution in [3.8, 4) is 5.88 Å². The Morgan fingerprint density at radius 2 is 1.90 bits per heavy atom. The highest BCUT2D eigenvalue weighted by molar-refractivity contribution is 9.10. The van der Waals surface area contributed by atoms with Crippen LogP contribution in [0.15, 0.2) is 69.3 Å². The van der Waals surface area contributed by atoms with E-state index in [-0.39, 0.29) is 17.3 Å². The van der Waals surface area contributed by atoms with Gasteiger partial charge in [0.2, 0.25) is 5.88 Å². The summed E-state index contributed by atoms with van der Waals surface area (Å²) in [4.78, 5) is 19.2. The van der Waals surface area contributed by atoms with E-state index in [9.17, 15) is 9.90 Å². The zero-order valence-electron chi connectivity index (χ0n) is 17.3. The number of fused-ring (bicyclic) bond motifs is 2. The number of para-hydroxylation sites is 1. The second-order valence-corrected chi connectivity index (χ2v) is 8.02. The molecule has 158 valence electrons. The number of rotatable bonds is 6. The first-order valence-corrected chi connectivity index (χ1v) is 10.9. The molecule has 0 bridgehead atoms. The minimum atomic E-state index is -0.565. The van der Waals surface area contributed by atoms with Gasteiger partial charge in [-0.1, -0.05) is 54.0 Å². The number of azo groups is 1. The first-order chi connectivity index (χ1) is 15.0. The first kappa shape index (κ1) is 21.1. The van der Waals surface area contributed by atoms with Gasteiger partial charge in [0.1, 0.15) is 5.69 Å². The third-order valence-electron chi connectivity index (χ3n) is 5.27. The van der Waals surface area contributed by atoms with Gasteiger partial charge in [-0.05, 0) is 43.4 Å². The van der Waals surface area contributed by atoms with Gasteiger partial charge in [0.15, 0.2) is 5.69 Å². The van der Waals surface area contributed by atoms with Crippen LogP contribution < -0.4 is 0 Å². The summed E-state index contributed by atoms with van der Waals surface area (Å²) in [5.74, 6) is -0.590. The molecule has 0 spiro atoms. The Kier molecular flexibility index (Phi) is 6.11. The molecule has 2 aromatic carbocycles. The van der Waals surface area contributed by atoms with E-state index >= 15 is 0 Å². The van der Waals surface area contributed by atoms with Crippen LogP contribution in [0.25, 0.3) is 21.8 Å². The third-order valence-corrected chi connectivity index (χ3v) is 5.76. The van der Waals surface area contributed by atoms with Gasteiger partial charge in [-0.15, -0.1) is 10.2 Å². The molecule has 8 heteroatoms. The SMILES string of the molecule is CCN(CC)Cn1c(O)c(N=NC(=O)c2ccc3ccccc3n2)c2cc(Br)ccc21. The summed E-state index contributed by atoms with van der Waals surface area (Å²) >= 11 is 3.47. The minimum absolute atomic E-state index is 0.0250. The summed E-state index contributed by atoms with van der Waals surface area (Å²) in [7, 11) is 0. The summed E-state index contributed by atoms with van der Waals surface area (Å²) in [6.07, 6.45) is 0. The molecule has 2 aromatic heterocycles. The molecule has 2 heterocycles. The highest BCUT2D eigenvalue weighted by Crippen LogP contribution is 2.40. The molecule has 0 aliphatic heterocycles. The molecule has 0 radical (unpaired) electrons. The molecule has 0 fully saturated rings. The fourth-order valence-electron chi connectivity index (χ4n) is 3.49. The number of pyridine rings is 1. The molecule has 0 unspecified atom stereocenters. The molecule has 0 saturated carbocycles. The van der Waals surface area contributed by atoms with Crippen molar-refractivity contribution >= 4 is 49.3 Å². The van der Waals surface area contributed by atoms with Crippen LogP contribution in [0.2, 0.25) is 0 Å². The molecule has 7 nitrogen and oxygen atoms in total. The number of carbonyl (C=O) groups excluding carboxylic acids is 1. The maximum Gasteiger partial charge on any atom is 0.313 e. The average Bonchev–Trinajstić information content (AvgIpc) is 3.05. The van der Waals surface area contributed by atoms with Crippen LogP contribution in [0.5, 0.6) is 5.88 Å². The van der Waals surface area contributed by atoms with Crippen molar-refractivity contribution in [2.75, 3.05) is 13.1 Å². The van der Waals surface area contributed by atoms with Crippen molar-refractivity contribution < 1.29 is 9.90 Å². The van der Waals surface area contributed by atoms with Gasteiger partial charge in [-0.2, -0.15) is 0 Å². The number of aromatic hydroxyl groups is 1. The monoisotopic (exact) mass is 479 g/mol. The third kappa shape index (κ3) is 4.22. The average molecular weight is 480 g/mol. The quantitative estimate of drug-likeness (QED) is 0.350. The number of nitrogens with zero attached hydrogens (tertiary/aromatic N) is 5. The molecule has 0 aliphatic carbocycles. The molecule has 1 amide bonds. The zero-order valence-corrected chi connectivity index (χ0v) is 18.9. The number of benzene rings is 2. The Morgan fingerprint density at radius 3 is 2.68 bits per heavy atom. The molecular weight excluding hydrogens is 458 g/mol. The number of hydrogen-bond acceptors (Lipinski definition) is 5. The summed E-state index contributed by atoms with van der Waals surface area (Å²) in [6.45, 7) is 6.33. The Bertz CT molecular complexity index is 1290. The Morgan fingerprint density at radius 1 is 1.13 bits per heavy atom. The molecule has 1 N–H and O–H groups in total. The molecular formula is C23H22BrN5O2. The van der Waals surface area contributed by atoms with E-state index in [1.54, 1.807) is 10.6 Å². The Balaban J connectivity index is 1.72. The molecule has 0 aliphatic rings. The van der Waals surface area contributed by atoms with Gasteiger partial charge in [-0.3, -0.25) is 14.3 Å². The van der Waals surface area contributed by atoms with Crippen molar-refractivity contribution in [3.05, 3.63) is 64.8 Å². The van der Waals surface area contributed by atoms with E-state index in [1.807, 2.05) is 48.5 Å². The number of halogens is 1. The lowest BCUT2D eigenvalue weighted by molar-refractivity contribution is 0.0990. The lowest BCUT2D eigenvalue weighted by Gasteiger charge is -2.20. The Labute approximate surface area is 188 Å². The highest BCUT2D eigenvalue weighted by Gasteiger charge is 2.19. The van der Waals surface area contributed by atoms with E-state index in [0.717, 1.165) is 28.5 Å². The van der Waals surface area contributed by atoms with Crippen molar-refractivity contribution in [2.24, 2.45) is 10.2 Å². The van der Waals surface area contributed by atoms with Crippen LogP contribution in [0.1, 0.15) is 24.3 Å². The van der Waals surface area contributed by atoms with Crippen LogP contribution in [0.4, 0.5) is 5.69 Å². The van der Waals surface area contributed by atoms with Crippen LogP contribution in [-0.4, -0.2) is 38.6 Å². The van der Waals surface area contributed by atoms with Gasteiger partial charge >= 0.3 is 5.91 Å². The molecule has 4 aromatic rings. The fraction of sp³-hybridized carbons (Fsp3) is 0.217. The van der Waals surface area contributed by atoms with Gasteiger partial charge in [0.05, 0.1) is 17.7 Å². The zero-order chi connectivity index (χ0) is 22.0. The second kappa shape index (κ2) is 8.95. The number of aromatic nitrogens is 2. The molecule has 0 saturated heterocycles. The normalized spacial score (nSPS) is 11.9. The standard InChI is InChI=1S/C23H22BrN5O2/c1-3-28(4-2)14-29-20-12-10-16(24)13-17(20)21(23(29)31)26-27-22(30)19-11-9-15-7-5-6-8-18(15)25-19/h5-13,31H,3-4,14H2,1-2H3. The summed E-state index contributed by atoms with van der Waals surface area (Å²) < 4.78 is 2.63. The van der Waals surface area contributed by atoms with Crippen LogP contribution in [0.3, 0.4) is 0 Å². The lowest BCUT2D eigenvalue weighted by Crippen LogP contribution is -2.25. The van der Waals surface area contributed by atoms with E-state index in [0.29, 0.717) is 17.6 Å². The first-order valence-electron chi connectivity index (χ1n) is 10.1. The smallest absolute Gasteiger partial charge is 0.313 e. The number of amides is 1. The van der Waals surface area contributed by atoms with E-state index < -0.39 is 5.91 Å². The summed E-state index contributed by atoms with van der Waals surface area (Å²) in [6, 6.07) is 16.7. The van der Waals surface area contributed by atoms with Crippen LogP contribution in [0, 0.1) is 0 Å². The van der Waals surface area contributed by atoms with Gasteiger partial charge in [-0.25, -0.2) is 4.98 Å². The predicted molar refractivity (Wildman–Crippen MR) is 125 cm³/mol. The predicted octanol–water partition coefficient (Wildman–Crippen LogP) is 5.88. The van der Waals surface area contributed by atoms with Crippen molar-refractivity contribution in [1.82, 2.24) is 14.5 Å². The van der Waals surface area contributed by atoms with E-state index in [4.69, 9.17) is 0 Å². The molecule has 31 heavy (non-hydrogen) atoms. The summed E-state index contributed by atoms with van der Waals surface area (Å²) in [5, 5.41) is 20.6. The van der Waals surface area contributed by atoms with Gasteiger partial charge < -0.3 is 5.11 Å². The fourth-order valence-corrected chi connectivity index (χ4v) is 3.85. The largest absolute Gasteiger partial charge is 0.493 e. The number of hydrogen-bond donors (Lipinski definition) is 1. The lowest BCUT2D eigenvalue weighted by atomic mass is 10.2. The van der Waals surface area contributed by atoms with E-state index in [2.05, 4.69) is 49.9 Å². The minimum Gasteiger partial charge on any atom is -0.493 e. The van der Waals surface area contributed by atoms with E-state index in [1.165, 1.54) is 0 Å². The highest BCUT2D eigenvalue weighted by atomic mass is 79.9. The molecule has 4 rings (SSSR count). The topological polar surface area (TPSA) is 83.1 Å². The van der Waals surface area contributed by atoms with Crippen LogP contribution in [-0.2, 0) is 6.67 Å². The summed E-state index contributed by atoms with van der Waals surface area (Å²) in [5.41, 5.74) is 2.00. The maximum atomic E-state index is 12.6. The van der Waals surface area contributed by atoms with Crippen molar-refractivity contribution in [3.63, 3.8) is 0 Å². The Hall–Kier alpha value is -3.10. The van der Waals surface area contributed by atoms with Gasteiger partial charge in [0.25, 0.3) is 0 Å². The van der Waals surface area contributed by atoms with Crippen LogP contribution >= 0.6 is 15.9 Å². The number of carbonyl (C=O) groups is 1.